The SMILES string of the molecule is CCC(NC(=O)N1CCNCC(Cc2cc(C)ccc2OC)C1=O)c1ccc(C(=O)O)c(N)c1. The minimum Gasteiger partial charge on any atom is -0.496 e. The van der Waals surface area contributed by atoms with E-state index in [2.05, 4.69) is 10.6 Å². The molecule has 0 saturated carbocycles. The zero-order valence-electron chi connectivity index (χ0n) is 19.8. The number of hydrogen-bond donors (Lipinski definition) is 4. The number of rotatable bonds is 7. The van der Waals surface area contributed by atoms with Gasteiger partial charge in [-0.1, -0.05) is 30.7 Å². The van der Waals surface area contributed by atoms with Crippen LogP contribution in [0.5, 0.6) is 5.75 Å². The summed E-state index contributed by atoms with van der Waals surface area (Å²) in [5.41, 5.74) is 8.68. The molecule has 3 rings (SSSR count). The minimum atomic E-state index is -1.11. The first kappa shape index (κ1) is 25.0. The predicted molar refractivity (Wildman–Crippen MR) is 129 cm³/mol. The highest BCUT2D eigenvalue weighted by Crippen LogP contribution is 2.25. The third kappa shape index (κ3) is 5.66. The molecule has 1 aliphatic heterocycles. The lowest BCUT2D eigenvalue weighted by Crippen LogP contribution is -2.48. The van der Waals surface area contributed by atoms with Gasteiger partial charge in [-0.3, -0.25) is 9.69 Å². The van der Waals surface area contributed by atoms with Crippen molar-refractivity contribution in [2.45, 2.75) is 32.7 Å². The van der Waals surface area contributed by atoms with Gasteiger partial charge in [0.1, 0.15) is 5.75 Å². The highest BCUT2D eigenvalue weighted by molar-refractivity contribution is 5.96. The second-order valence-corrected chi connectivity index (χ2v) is 8.47. The van der Waals surface area contributed by atoms with Gasteiger partial charge in [0.15, 0.2) is 0 Å². The quantitative estimate of drug-likeness (QED) is 0.459. The van der Waals surface area contributed by atoms with E-state index in [1.165, 1.54) is 11.0 Å². The van der Waals surface area contributed by atoms with Crippen LogP contribution in [0.1, 0.15) is 46.4 Å². The summed E-state index contributed by atoms with van der Waals surface area (Å²) in [6.45, 7) is 5.09. The van der Waals surface area contributed by atoms with E-state index in [0.29, 0.717) is 37.2 Å². The molecule has 34 heavy (non-hydrogen) atoms. The molecule has 5 N–H and O–H groups in total. The summed E-state index contributed by atoms with van der Waals surface area (Å²) in [6, 6.07) is 9.55. The molecule has 0 radical (unpaired) electrons. The minimum absolute atomic E-state index is 0.00752. The van der Waals surface area contributed by atoms with Crippen molar-refractivity contribution in [3.8, 4) is 5.75 Å². The maximum atomic E-state index is 13.4. The Hall–Kier alpha value is -3.59. The number of nitrogens with two attached hydrogens (primary N) is 1. The average molecular weight is 469 g/mol. The fourth-order valence-corrected chi connectivity index (χ4v) is 4.22. The Morgan fingerprint density at radius 3 is 2.71 bits per heavy atom. The Kier molecular flexibility index (Phi) is 8.12. The van der Waals surface area contributed by atoms with Crippen LogP contribution in [0.2, 0.25) is 0 Å². The molecule has 2 aromatic rings. The highest BCUT2D eigenvalue weighted by Gasteiger charge is 2.32. The molecular formula is C25H32N4O5. The zero-order valence-corrected chi connectivity index (χ0v) is 19.8. The molecule has 9 nitrogen and oxygen atoms in total. The van der Waals surface area contributed by atoms with Crippen LogP contribution in [0.4, 0.5) is 10.5 Å². The third-order valence-electron chi connectivity index (χ3n) is 6.08. The van der Waals surface area contributed by atoms with Gasteiger partial charge in [0.05, 0.1) is 24.6 Å². The van der Waals surface area contributed by atoms with Gasteiger partial charge in [-0.05, 0) is 49.1 Å². The number of anilines is 1. The molecule has 0 spiro atoms. The Bertz CT molecular complexity index is 1070. The summed E-state index contributed by atoms with van der Waals surface area (Å²) in [4.78, 5) is 39.0. The van der Waals surface area contributed by atoms with Crippen LogP contribution in [-0.2, 0) is 11.2 Å². The van der Waals surface area contributed by atoms with E-state index in [0.717, 1.165) is 11.1 Å². The molecule has 0 aliphatic carbocycles. The van der Waals surface area contributed by atoms with E-state index >= 15 is 0 Å². The number of carbonyl (C=O) groups is 3. The number of carbonyl (C=O) groups excluding carboxylic acids is 2. The van der Waals surface area contributed by atoms with Crippen LogP contribution in [0, 0.1) is 12.8 Å². The predicted octanol–water partition coefficient (Wildman–Crippen LogP) is 2.74. The fourth-order valence-electron chi connectivity index (χ4n) is 4.22. The van der Waals surface area contributed by atoms with Gasteiger partial charge in [-0.15, -0.1) is 0 Å². The molecule has 2 atom stereocenters. The smallest absolute Gasteiger partial charge is 0.337 e. The number of nitrogens with zero attached hydrogens (tertiary/aromatic N) is 1. The van der Waals surface area contributed by atoms with Crippen molar-refractivity contribution in [1.29, 1.82) is 0 Å². The summed E-state index contributed by atoms with van der Waals surface area (Å²) in [7, 11) is 1.60. The molecule has 9 heteroatoms. The molecule has 0 aromatic heterocycles. The van der Waals surface area contributed by atoms with Crippen LogP contribution < -0.4 is 21.1 Å². The number of ether oxygens (including phenoxy) is 1. The Morgan fingerprint density at radius 1 is 1.29 bits per heavy atom. The third-order valence-corrected chi connectivity index (χ3v) is 6.08. The summed E-state index contributed by atoms with van der Waals surface area (Å²) in [5, 5.41) is 15.4. The zero-order chi connectivity index (χ0) is 24.8. The number of imide groups is 1. The van der Waals surface area contributed by atoms with Crippen LogP contribution >= 0.6 is 0 Å². The molecule has 182 valence electrons. The number of amides is 3. The van der Waals surface area contributed by atoms with Crippen molar-refractivity contribution in [2.24, 2.45) is 5.92 Å². The molecule has 1 heterocycles. The van der Waals surface area contributed by atoms with Crippen LogP contribution in [0.15, 0.2) is 36.4 Å². The van der Waals surface area contributed by atoms with Crippen molar-refractivity contribution in [3.63, 3.8) is 0 Å². The maximum Gasteiger partial charge on any atom is 0.337 e. The number of hydrogen-bond acceptors (Lipinski definition) is 6. The largest absolute Gasteiger partial charge is 0.496 e. The number of nitrogen functional groups attached to an aromatic ring is 1. The van der Waals surface area contributed by atoms with Gasteiger partial charge >= 0.3 is 12.0 Å². The lowest BCUT2D eigenvalue weighted by molar-refractivity contribution is -0.131. The van der Waals surface area contributed by atoms with E-state index in [-0.39, 0.29) is 23.7 Å². The van der Waals surface area contributed by atoms with E-state index in [4.69, 9.17) is 10.5 Å². The van der Waals surface area contributed by atoms with Gasteiger partial charge in [0, 0.05) is 25.3 Å². The summed E-state index contributed by atoms with van der Waals surface area (Å²) in [6.07, 6.45) is 0.993. The number of carboxylic acids is 1. The average Bonchev–Trinajstić information content (AvgIpc) is 2.98. The topological polar surface area (TPSA) is 134 Å². The molecule has 0 bridgehead atoms. The van der Waals surface area contributed by atoms with E-state index < -0.39 is 24.0 Å². The molecule has 2 unspecified atom stereocenters. The Morgan fingerprint density at radius 2 is 2.06 bits per heavy atom. The van der Waals surface area contributed by atoms with Crippen LogP contribution in [-0.4, -0.2) is 54.7 Å². The first-order valence-electron chi connectivity index (χ1n) is 11.3. The van der Waals surface area contributed by atoms with Crippen molar-refractivity contribution < 1.29 is 24.2 Å². The Balaban J connectivity index is 1.76. The lowest BCUT2D eigenvalue weighted by atomic mass is 9.96. The van der Waals surface area contributed by atoms with Crippen molar-refractivity contribution in [1.82, 2.24) is 15.5 Å². The standard InChI is InChI=1S/C25H32N4O5/c1-4-21(16-6-7-19(24(31)32)20(26)13-16)28-25(33)29-10-9-27-14-18(23(29)30)12-17-11-15(2)5-8-22(17)34-3/h5-8,11,13,18,21,27H,4,9-10,12,14,26H2,1-3H3,(H,28,33)(H,31,32). The van der Waals surface area contributed by atoms with E-state index in [9.17, 15) is 19.5 Å². The lowest BCUT2D eigenvalue weighted by Gasteiger charge is -2.26. The van der Waals surface area contributed by atoms with Crippen molar-refractivity contribution in [3.05, 3.63) is 58.7 Å². The van der Waals surface area contributed by atoms with Gasteiger partial charge in [-0.25, -0.2) is 9.59 Å². The number of benzene rings is 2. The van der Waals surface area contributed by atoms with E-state index in [1.54, 1.807) is 19.2 Å². The monoisotopic (exact) mass is 468 g/mol. The molecule has 1 saturated heterocycles. The molecule has 1 fully saturated rings. The summed E-state index contributed by atoms with van der Waals surface area (Å²) in [5.74, 6) is -1.07. The fraction of sp³-hybridized carbons (Fsp3) is 0.400. The van der Waals surface area contributed by atoms with Crippen molar-refractivity contribution >= 4 is 23.6 Å². The van der Waals surface area contributed by atoms with Crippen LogP contribution in [0.3, 0.4) is 0 Å². The number of carboxylic acid groups (broad SMARTS) is 1. The second kappa shape index (κ2) is 11.0. The normalized spacial score (nSPS) is 17.1. The van der Waals surface area contributed by atoms with Crippen molar-refractivity contribution in [2.75, 3.05) is 32.5 Å². The van der Waals surface area contributed by atoms with Gasteiger partial charge < -0.3 is 26.2 Å². The van der Waals surface area contributed by atoms with Crippen LogP contribution in [0.25, 0.3) is 0 Å². The maximum absolute atomic E-state index is 13.4. The summed E-state index contributed by atoms with van der Waals surface area (Å²) >= 11 is 0. The molecule has 1 aliphatic rings. The van der Waals surface area contributed by atoms with E-state index in [1.807, 2.05) is 32.0 Å². The number of methoxy groups -OCH3 is 1. The van der Waals surface area contributed by atoms with Gasteiger partial charge in [0.2, 0.25) is 5.91 Å². The molecule has 2 aromatic carbocycles. The number of nitrogens with one attached hydrogen (secondary N) is 2. The first-order valence-corrected chi connectivity index (χ1v) is 11.3. The molecule has 3 amide bonds. The Labute approximate surface area is 199 Å². The first-order chi connectivity index (χ1) is 16.2. The number of aromatic carboxylic acids is 1. The highest BCUT2D eigenvalue weighted by atomic mass is 16.5. The number of aryl methyl sites for hydroxylation is 1. The molecular weight excluding hydrogens is 436 g/mol. The van der Waals surface area contributed by atoms with Gasteiger partial charge in [-0.2, -0.15) is 0 Å². The van der Waals surface area contributed by atoms with Gasteiger partial charge in [0.25, 0.3) is 0 Å². The summed E-state index contributed by atoms with van der Waals surface area (Å²) < 4.78 is 5.46. The number of urea groups is 1. The second-order valence-electron chi connectivity index (χ2n) is 8.47.